The quantitative estimate of drug-likeness (QED) is 0.773. The average Bonchev–Trinajstić information content (AvgIpc) is 2.37. The third-order valence-electron chi connectivity index (χ3n) is 3.71. The molecule has 0 spiro atoms. The molecule has 2 atom stereocenters. The lowest BCUT2D eigenvalue weighted by Gasteiger charge is -2.38. The van der Waals surface area contributed by atoms with Crippen molar-refractivity contribution in [2.75, 3.05) is 18.8 Å². The van der Waals surface area contributed by atoms with Crippen LogP contribution < -0.4 is 5.32 Å². The van der Waals surface area contributed by atoms with Gasteiger partial charge in [-0.2, -0.15) is 4.31 Å². The minimum absolute atomic E-state index is 0.139. The number of hydrogen-bond donors (Lipinski definition) is 1. The van der Waals surface area contributed by atoms with Crippen LogP contribution >= 0.6 is 0 Å². The molecular formula is C13H28N2O2S. The zero-order valence-corrected chi connectivity index (χ0v) is 12.8. The Morgan fingerprint density at radius 1 is 1.33 bits per heavy atom. The Morgan fingerprint density at radius 3 is 2.67 bits per heavy atom. The molecule has 1 rings (SSSR count). The normalized spacial score (nSPS) is 24.1. The summed E-state index contributed by atoms with van der Waals surface area (Å²) in [7, 11) is -3.06. The molecule has 4 nitrogen and oxygen atoms in total. The zero-order valence-electron chi connectivity index (χ0n) is 12.0. The Morgan fingerprint density at radius 2 is 2.06 bits per heavy atom. The lowest BCUT2D eigenvalue weighted by Crippen LogP contribution is -2.53. The Kier molecular flexibility index (Phi) is 6.60. The summed E-state index contributed by atoms with van der Waals surface area (Å²) < 4.78 is 26.5. The Balaban J connectivity index is 2.75. The van der Waals surface area contributed by atoms with Crippen LogP contribution in [-0.4, -0.2) is 43.6 Å². The average molecular weight is 276 g/mol. The molecule has 2 unspecified atom stereocenters. The molecule has 0 aromatic rings. The maximum absolute atomic E-state index is 12.4. The van der Waals surface area contributed by atoms with Crippen molar-refractivity contribution in [1.82, 2.24) is 9.62 Å². The maximum atomic E-state index is 12.4. The number of nitrogens with zero attached hydrogens (tertiary/aromatic N) is 1. The van der Waals surface area contributed by atoms with Crippen molar-refractivity contribution in [3.8, 4) is 0 Å². The highest BCUT2D eigenvalue weighted by Gasteiger charge is 2.34. The van der Waals surface area contributed by atoms with Crippen molar-refractivity contribution in [2.45, 2.75) is 65.0 Å². The van der Waals surface area contributed by atoms with Gasteiger partial charge in [0.05, 0.1) is 5.75 Å². The first-order valence-electron chi connectivity index (χ1n) is 7.25. The molecule has 1 aliphatic rings. The van der Waals surface area contributed by atoms with Gasteiger partial charge in [-0.05, 0) is 32.7 Å². The molecule has 0 saturated carbocycles. The molecule has 1 aliphatic heterocycles. The summed E-state index contributed by atoms with van der Waals surface area (Å²) >= 11 is 0. The molecule has 1 N–H and O–H groups in total. The highest BCUT2D eigenvalue weighted by Crippen LogP contribution is 2.23. The van der Waals surface area contributed by atoms with E-state index >= 15 is 0 Å². The third kappa shape index (κ3) is 4.21. The van der Waals surface area contributed by atoms with E-state index in [0.717, 1.165) is 38.6 Å². The van der Waals surface area contributed by atoms with Crippen molar-refractivity contribution in [3.05, 3.63) is 0 Å². The van der Waals surface area contributed by atoms with Gasteiger partial charge < -0.3 is 5.32 Å². The molecule has 1 heterocycles. The largest absolute Gasteiger partial charge is 0.313 e. The first kappa shape index (κ1) is 15.9. The molecule has 1 fully saturated rings. The number of nitrogens with one attached hydrogen (secondary N) is 1. The van der Waals surface area contributed by atoms with Crippen molar-refractivity contribution in [3.63, 3.8) is 0 Å². The molecule has 0 amide bonds. The van der Waals surface area contributed by atoms with Gasteiger partial charge in [-0.15, -0.1) is 0 Å². The smallest absolute Gasteiger partial charge is 0.214 e. The summed E-state index contributed by atoms with van der Waals surface area (Å²) in [6, 6.07) is 0.382. The second kappa shape index (κ2) is 7.46. The van der Waals surface area contributed by atoms with Crippen LogP contribution in [0.25, 0.3) is 0 Å². The van der Waals surface area contributed by atoms with Crippen LogP contribution in [0, 0.1) is 0 Å². The highest BCUT2D eigenvalue weighted by atomic mass is 32.2. The molecule has 0 aromatic carbocycles. The molecule has 0 aliphatic carbocycles. The van der Waals surface area contributed by atoms with Crippen LogP contribution in [0.15, 0.2) is 0 Å². The van der Waals surface area contributed by atoms with Crippen LogP contribution in [0.2, 0.25) is 0 Å². The molecule has 5 heteroatoms. The molecule has 1 saturated heterocycles. The van der Waals surface area contributed by atoms with Crippen LogP contribution in [0.4, 0.5) is 0 Å². The van der Waals surface area contributed by atoms with E-state index in [1.807, 2.05) is 6.92 Å². The van der Waals surface area contributed by atoms with Gasteiger partial charge in [0.2, 0.25) is 10.0 Å². The van der Waals surface area contributed by atoms with Gasteiger partial charge in [0.25, 0.3) is 0 Å². The standard InChI is InChI=1S/C13H28N2O2S/c1-4-6-11-18(16,17)15-10-8-7-9-13(15)12(3)14-5-2/h12-14H,4-11H2,1-3H3. The van der Waals surface area contributed by atoms with E-state index in [2.05, 4.69) is 19.2 Å². The molecule has 108 valence electrons. The molecule has 0 radical (unpaired) electrons. The van der Waals surface area contributed by atoms with E-state index in [0.29, 0.717) is 12.3 Å². The molecular weight excluding hydrogens is 248 g/mol. The van der Waals surface area contributed by atoms with Crippen LogP contribution in [0.5, 0.6) is 0 Å². The van der Waals surface area contributed by atoms with Gasteiger partial charge in [-0.3, -0.25) is 0 Å². The van der Waals surface area contributed by atoms with E-state index in [-0.39, 0.29) is 12.1 Å². The SMILES string of the molecule is CCCCS(=O)(=O)N1CCCCC1C(C)NCC. The Hall–Kier alpha value is -0.130. The predicted molar refractivity (Wildman–Crippen MR) is 76.2 cm³/mol. The van der Waals surface area contributed by atoms with Gasteiger partial charge in [0.1, 0.15) is 0 Å². The van der Waals surface area contributed by atoms with Crippen molar-refractivity contribution >= 4 is 10.0 Å². The van der Waals surface area contributed by atoms with Crippen molar-refractivity contribution < 1.29 is 8.42 Å². The summed E-state index contributed by atoms with van der Waals surface area (Å²) in [5.74, 6) is 0.304. The lowest BCUT2D eigenvalue weighted by atomic mass is 9.99. The number of sulfonamides is 1. The number of rotatable bonds is 7. The monoisotopic (exact) mass is 276 g/mol. The summed E-state index contributed by atoms with van der Waals surface area (Å²) in [4.78, 5) is 0. The fourth-order valence-electron chi connectivity index (χ4n) is 2.68. The third-order valence-corrected chi connectivity index (χ3v) is 5.69. The lowest BCUT2D eigenvalue weighted by molar-refractivity contribution is 0.210. The Bertz CT molecular complexity index is 330. The van der Waals surface area contributed by atoms with E-state index in [9.17, 15) is 8.42 Å². The van der Waals surface area contributed by atoms with E-state index in [1.54, 1.807) is 4.31 Å². The second-order valence-electron chi connectivity index (χ2n) is 5.19. The van der Waals surface area contributed by atoms with Crippen LogP contribution in [0.3, 0.4) is 0 Å². The fourth-order valence-corrected chi connectivity index (χ4v) is 4.67. The highest BCUT2D eigenvalue weighted by molar-refractivity contribution is 7.89. The fraction of sp³-hybridized carbons (Fsp3) is 1.00. The minimum Gasteiger partial charge on any atom is -0.313 e. The summed E-state index contributed by atoms with van der Waals surface area (Å²) in [5, 5.41) is 3.37. The van der Waals surface area contributed by atoms with Crippen LogP contribution in [-0.2, 0) is 10.0 Å². The Labute approximate surface area is 112 Å². The van der Waals surface area contributed by atoms with Gasteiger partial charge >= 0.3 is 0 Å². The first-order chi connectivity index (χ1) is 8.53. The molecule has 0 bridgehead atoms. The van der Waals surface area contributed by atoms with Crippen LogP contribution in [0.1, 0.15) is 52.9 Å². The second-order valence-corrected chi connectivity index (χ2v) is 7.23. The van der Waals surface area contributed by atoms with Gasteiger partial charge in [0.15, 0.2) is 0 Å². The summed E-state index contributed by atoms with van der Waals surface area (Å²) in [6.07, 6.45) is 4.82. The molecule has 0 aromatic heterocycles. The van der Waals surface area contributed by atoms with Gasteiger partial charge in [-0.1, -0.05) is 26.7 Å². The number of hydrogen-bond acceptors (Lipinski definition) is 3. The number of likely N-dealkylation sites (N-methyl/N-ethyl adjacent to an activating group) is 1. The minimum atomic E-state index is -3.06. The summed E-state index contributed by atoms with van der Waals surface area (Å²) in [6.45, 7) is 7.79. The molecule has 18 heavy (non-hydrogen) atoms. The first-order valence-corrected chi connectivity index (χ1v) is 8.86. The number of unbranched alkanes of at least 4 members (excludes halogenated alkanes) is 1. The summed E-state index contributed by atoms with van der Waals surface area (Å²) in [5.41, 5.74) is 0. The zero-order chi connectivity index (χ0) is 13.6. The van der Waals surface area contributed by atoms with E-state index in [1.165, 1.54) is 0 Å². The number of piperidine rings is 1. The van der Waals surface area contributed by atoms with E-state index in [4.69, 9.17) is 0 Å². The van der Waals surface area contributed by atoms with Gasteiger partial charge in [-0.25, -0.2) is 8.42 Å². The maximum Gasteiger partial charge on any atom is 0.214 e. The van der Waals surface area contributed by atoms with E-state index < -0.39 is 10.0 Å². The van der Waals surface area contributed by atoms with Crippen molar-refractivity contribution in [1.29, 1.82) is 0 Å². The predicted octanol–water partition coefficient (Wildman–Crippen LogP) is 1.97. The topological polar surface area (TPSA) is 49.4 Å². The van der Waals surface area contributed by atoms with Crippen molar-refractivity contribution in [2.24, 2.45) is 0 Å². The van der Waals surface area contributed by atoms with Gasteiger partial charge in [0, 0.05) is 18.6 Å².